The fourth-order valence-electron chi connectivity index (χ4n) is 3.09. The van der Waals surface area contributed by atoms with Crippen LogP contribution in [0.15, 0.2) is 48.0 Å². The molecule has 0 saturated heterocycles. The first kappa shape index (κ1) is 16.2. The van der Waals surface area contributed by atoms with Crippen molar-refractivity contribution in [2.24, 2.45) is 0 Å². The summed E-state index contributed by atoms with van der Waals surface area (Å²) in [5.74, 6) is -1.93. The van der Waals surface area contributed by atoms with Crippen molar-refractivity contribution >= 4 is 17.1 Å². The van der Waals surface area contributed by atoms with E-state index in [4.69, 9.17) is 0 Å². The molecule has 0 spiro atoms. The maximum atomic E-state index is 13.6. The minimum absolute atomic E-state index is 0.00755. The summed E-state index contributed by atoms with van der Waals surface area (Å²) in [7, 11) is 0. The zero-order chi connectivity index (χ0) is 17.6. The minimum atomic E-state index is -4.91. The van der Waals surface area contributed by atoms with E-state index in [1.165, 1.54) is 24.3 Å². The average molecular weight is 330 g/mol. The molecule has 0 radical (unpaired) electrons. The van der Waals surface area contributed by atoms with Crippen LogP contribution in [0.25, 0.3) is 5.57 Å². The van der Waals surface area contributed by atoms with Gasteiger partial charge in [0.2, 0.25) is 0 Å². The molecule has 5 heteroatoms. The van der Waals surface area contributed by atoms with Gasteiger partial charge in [-0.1, -0.05) is 42.5 Å². The van der Waals surface area contributed by atoms with Gasteiger partial charge >= 0.3 is 6.18 Å². The van der Waals surface area contributed by atoms with E-state index in [1.54, 1.807) is 32.0 Å². The van der Waals surface area contributed by atoms with E-state index in [2.05, 4.69) is 0 Å². The summed E-state index contributed by atoms with van der Waals surface area (Å²) in [4.78, 5) is 25.3. The van der Waals surface area contributed by atoms with Gasteiger partial charge in [-0.05, 0) is 30.5 Å². The fourth-order valence-corrected chi connectivity index (χ4v) is 3.09. The van der Waals surface area contributed by atoms with Crippen LogP contribution >= 0.6 is 0 Å². The minimum Gasteiger partial charge on any atom is -0.289 e. The van der Waals surface area contributed by atoms with Gasteiger partial charge in [-0.3, -0.25) is 9.59 Å². The summed E-state index contributed by atoms with van der Waals surface area (Å²) < 4.78 is 40.9. The predicted molar refractivity (Wildman–Crippen MR) is 84.0 cm³/mol. The van der Waals surface area contributed by atoms with Crippen LogP contribution in [0.1, 0.15) is 37.4 Å². The van der Waals surface area contributed by atoms with E-state index in [0.29, 0.717) is 11.1 Å². The largest absolute Gasteiger partial charge is 0.420 e. The second-order valence-corrected chi connectivity index (χ2v) is 5.72. The fraction of sp³-hybridized carbons (Fsp3) is 0.158. The Morgan fingerprint density at radius 3 is 1.75 bits per heavy atom. The molecule has 122 valence electrons. The predicted octanol–water partition coefficient (Wildman–Crippen LogP) is 4.70. The highest BCUT2D eigenvalue weighted by Gasteiger charge is 2.47. The molecule has 2 aromatic carbocycles. The van der Waals surface area contributed by atoms with Gasteiger partial charge in [-0.25, -0.2) is 0 Å². The number of Topliss-reactive ketones (excluding diaryl/α,β-unsaturated/α-hetero) is 2. The smallest absolute Gasteiger partial charge is 0.289 e. The van der Waals surface area contributed by atoms with Gasteiger partial charge in [0.25, 0.3) is 0 Å². The number of allylic oxidation sites excluding steroid dienone is 2. The van der Waals surface area contributed by atoms with Crippen molar-refractivity contribution in [2.75, 3.05) is 0 Å². The van der Waals surface area contributed by atoms with Crippen molar-refractivity contribution in [1.82, 2.24) is 0 Å². The summed E-state index contributed by atoms with van der Waals surface area (Å²) in [5.41, 5.74) is -0.916. The zero-order valence-corrected chi connectivity index (χ0v) is 13.0. The van der Waals surface area contributed by atoms with Crippen LogP contribution in [-0.4, -0.2) is 17.7 Å². The van der Waals surface area contributed by atoms with Gasteiger partial charge in [-0.15, -0.1) is 0 Å². The Bertz CT molecular complexity index is 885. The Labute approximate surface area is 136 Å². The Hall–Kier alpha value is -2.69. The number of carbonyl (C=O) groups is 2. The van der Waals surface area contributed by atoms with Gasteiger partial charge in [0.15, 0.2) is 11.6 Å². The first-order chi connectivity index (χ1) is 11.2. The molecule has 0 amide bonds. The Morgan fingerprint density at radius 1 is 0.750 bits per heavy atom. The van der Waals surface area contributed by atoms with E-state index >= 15 is 0 Å². The molecule has 0 saturated carbocycles. The molecule has 0 N–H and O–H groups in total. The number of benzene rings is 2. The van der Waals surface area contributed by atoms with Crippen LogP contribution in [0, 0.1) is 13.8 Å². The number of alkyl halides is 3. The highest BCUT2D eigenvalue weighted by molar-refractivity contribution is 6.41. The molecule has 0 aliphatic heterocycles. The highest BCUT2D eigenvalue weighted by atomic mass is 19.4. The number of ketones is 2. The van der Waals surface area contributed by atoms with Crippen LogP contribution in [0.5, 0.6) is 0 Å². The molecule has 0 aromatic heterocycles. The van der Waals surface area contributed by atoms with E-state index in [9.17, 15) is 22.8 Å². The molecule has 0 bridgehead atoms. The third-order valence-corrected chi connectivity index (χ3v) is 4.14. The third kappa shape index (κ3) is 2.37. The molecule has 0 unspecified atom stereocenters. The zero-order valence-electron chi connectivity index (χ0n) is 13.0. The van der Waals surface area contributed by atoms with Gasteiger partial charge in [0, 0.05) is 16.7 Å². The molecule has 1 aliphatic carbocycles. The quantitative estimate of drug-likeness (QED) is 0.759. The number of rotatable bonds is 1. The van der Waals surface area contributed by atoms with Crippen molar-refractivity contribution in [3.8, 4) is 0 Å². The van der Waals surface area contributed by atoms with Gasteiger partial charge in [0.05, 0.1) is 0 Å². The molecule has 3 rings (SSSR count). The van der Waals surface area contributed by atoms with Gasteiger partial charge in [0.1, 0.15) is 5.57 Å². The molecular formula is C19H13F3O2. The topological polar surface area (TPSA) is 34.1 Å². The maximum absolute atomic E-state index is 13.6. The van der Waals surface area contributed by atoms with Crippen molar-refractivity contribution in [3.05, 3.63) is 75.9 Å². The maximum Gasteiger partial charge on any atom is 0.420 e. The monoisotopic (exact) mass is 330 g/mol. The average Bonchev–Trinajstić information content (AvgIpc) is 2.50. The molecule has 2 nitrogen and oxygen atoms in total. The Morgan fingerprint density at radius 2 is 1.25 bits per heavy atom. The number of hydrogen-bond acceptors (Lipinski definition) is 2. The van der Waals surface area contributed by atoms with Gasteiger partial charge in [-0.2, -0.15) is 13.2 Å². The van der Waals surface area contributed by atoms with Crippen LogP contribution in [0.4, 0.5) is 13.2 Å². The summed E-state index contributed by atoms with van der Waals surface area (Å²) in [5, 5.41) is 0. The third-order valence-electron chi connectivity index (χ3n) is 4.14. The lowest BCUT2D eigenvalue weighted by Gasteiger charge is -2.24. The van der Waals surface area contributed by atoms with Crippen LogP contribution in [0.2, 0.25) is 0 Å². The standard InChI is InChI=1S/C19H13F3O2/c1-10-6-5-7-11(2)14(10)15-16(19(20,21)22)18(24)13-9-4-3-8-12(13)17(15)23/h3-9H,1-2H3. The van der Waals surface area contributed by atoms with E-state index in [0.717, 1.165) is 0 Å². The van der Waals surface area contributed by atoms with E-state index in [1.807, 2.05) is 0 Å². The summed E-state index contributed by atoms with van der Waals surface area (Å²) in [6, 6.07) is 10.6. The van der Waals surface area contributed by atoms with E-state index < -0.39 is 28.9 Å². The summed E-state index contributed by atoms with van der Waals surface area (Å²) in [6.07, 6.45) is -4.91. The van der Waals surface area contributed by atoms with E-state index in [-0.39, 0.29) is 16.7 Å². The lowest BCUT2D eigenvalue weighted by atomic mass is 9.78. The van der Waals surface area contributed by atoms with Crippen molar-refractivity contribution in [3.63, 3.8) is 0 Å². The summed E-state index contributed by atoms with van der Waals surface area (Å²) in [6.45, 7) is 3.25. The number of aryl methyl sites for hydroxylation is 2. The number of halogens is 3. The Kier molecular flexibility index (Phi) is 3.67. The summed E-state index contributed by atoms with van der Waals surface area (Å²) >= 11 is 0. The second-order valence-electron chi connectivity index (χ2n) is 5.72. The van der Waals surface area contributed by atoms with Crippen LogP contribution in [0.3, 0.4) is 0 Å². The van der Waals surface area contributed by atoms with Crippen LogP contribution in [-0.2, 0) is 0 Å². The van der Waals surface area contributed by atoms with Crippen molar-refractivity contribution < 1.29 is 22.8 Å². The normalized spacial score (nSPS) is 14.9. The molecule has 0 atom stereocenters. The molecule has 2 aromatic rings. The number of carbonyl (C=O) groups excluding carboxylic acids is 2. The number of fused-ring (bicyclic) bond motifs is 1. The first-order valence-electron chi connectivity index (χ1n) is 7.30. The van der Waals surface area contributed by atoms with Gasteiger partial charge < -0.3 is 0 Å². The number of hydrogen-bond donors (Lipinski definition) is 0. The Balaban J connectivity index is 2.43. The highest BCUT2D eigenvalue weighted by Crippen LogP contribution is 2.42. The first-order valence-corrected chi connectivity index (χ1v) is 7.30. The molecule has 1 aliphatic rings. The molecule has 24 heavy (non-hydrogen) atoms. The SMILES string of the molecule is Cc1cccc(C)c1C1=C(C(F)(F)F)C(=O)c2ccccc2C1=O. The molecule has 0 fully saturated rings. The van der Waals surface area contributed by atoms with Crippen LogP contribution < -0.4 is 0 Å². The van der Waals surface area contributed by atoms with Crippen molar-refractivity contribution in [1.29, 1.82) is 0 Å². The molecular weight excluding hydrogens is 317 g/mol. The van der Waals surface area contributed by atoms with Crippen molar-refractivity contribution in [2.45, 2.75) is 20.0 Å². The second kappa shape index (κ2) is 5.44. The lowest BCUT2D eigenvalue weighted by molar-refractivity contribution is -0.0882. The molecule has 0 heterocycles. The lowest BCUT2D eigenvalue weighted by Crippen LogP contribution is -2.30.